The van der Waals surface area contributed by atoms with Gasteiger partial charge in [0.25, 0.3) is 21.6 Å². The van der Waals surface area contributed by atoms with Gasteiger partial charge in [-0.2, -0.15) is 8.42 Å². The van der Waals surface area contributed by atoms with Crippen molar-refractivity contribution in [2.45, 2.75) is 19.9 Å². The third kappa shape index (κ3) is 6.99. The van der Waals surface area contributed by atoms with E-state index < -0.39 is 52.4 Å². The number of aliphatic carboxylic acids is 2. The zero-order chi connectivity index (χ0) is 30.8. The van der Waals surface area contributed by atoms with Gasteiger partial charge in [-0.15, -0.1) is 11.3 Å². The van der Waals surface area contributed by atoms with Crippen LogP contribution in [0.3, 0.4) is 0 Å². The van der Waals surface area contributed by atoms with Gasteiger partial charge < -0.3 is 19.8 Å². The topological polar surface area (TPSA) is 184 Å². The number of thiocarbonyl (C=S) groups is 1. The summed E-state index contributed by atoms with van der Waals surface area (Å²) < 4.78 is 38.9. The molecule has 2 aliphatic rings. The largest absolute Gasteiger partial charge is 0.480 e. The van der Waals surface area contributed by atoms with E-state index in [0.717, 1.165) is 32.6 Å². The van der Waals surface area contributed by atoms with Crippen LogP contribution in [0.1, 0.15) is 13.3 Å². The Kier molecular flexibility index (Phi) is 9.37. The second-order valence-electron chi connectivity index (χ2n) is 8.79. The van der Waals surface area contributed by atoms with Crippen LogP contribution in [0.25, 0.3) is 11.0 Å². The number of fused-ring (bicyclic) bond motifs is 1. The summed E-state index contributed by atoms with van der Waals surface area (Å²) in [6.45, 7) is 0.330. The van der Waals surface area contributed by atoms with Crippen LogP contribution in [0.5, 0.6) is 5.75 Å². The van der Waals surface area contributed by atoms with Crippen LogP contribution < -0.4 is 24.4 Å². The molecule has 17 heteroatoms. The summed E-state index contributed by atoms with van der Waals surface area (Å²) in [6.07, 6.45) is 5.19. The molecule has 0 aliphatic carbocycles. The molecule has 0 bridgehead atoms. The van der Waals surface area contributed by atoms with E-state index in [-0.39, 0.29) is 30.8 Å². The molecule has 0 saturated carbocycles. The summed E-state index contributed by atoms with van der Waals surface area (Å²) in [5, 5.41) is 18.5. The lowest BCUT2D eigenvalue weighted by atomic mass is 10.2. The van der Waals surface area contributed by atoms with Crippen LogP contribution in [0, 0.1) is 0 Å². The van der Waals surface area contributed by atoms with Gasteiger partial charge in [-0.05, 0) is 36.3 Å². The standard InChI is InChI=1S/C25H23N3O10S4/c1-2-14(7-8-18-26(9-10-42(35,36)37)15-5-3-4-6-16(15)38-18)11-17-22(33)27(12-19(29)30)24(40-17)21-23(34)28(13-20(31)32)25(39)41-21/h3-8,11H,2,9-10,12-13H2,1H3,(H,29,30)(H,31,32)(H,35,36,37)/b14-7+,17-11-,18-8+,24-21+. The number of carboxylic acids is 2. The summed E-state index contributed by atoms with van der Waals surface area (Å²) in [5.74, 6) is -3.11. The number of aromatic nitrogens is 1. The molecular formula is C25H23N3O10S4. The minimum atomic E-state index is -4.24. The first kappa shape index (κ1) is 31.2. The number of hydrogen-bond acceptors (Lipinski definition) is 11. The molecule has 0 atom stereocenters. The van der Waals surface area contributed by atoms with Crippen LogP contribution >= 0.6 is 35.3 Å². The summed E-state index contributed by atoms with van der Waals surface area (Å²) >= 11 is 6.80. The number of amides is 1. The third-order valence-corrected chi connectivity index (χ3v) is 9.31. The summed E-state index contributed by atoms with van der Waals surface area (Å²) in [6, 6.07) is 6.94. The number of carboxylic acid groups (broad SMARTS) is 2. The summed E-state index contributed by atoms with van der Waals surface area (Å²) in [7, 11) is -4.24. The highest BCUT2D eigenvalue weighted by atomic mass is 32.2. The monoisotopic (exact) mass is 653 g/mol. The molecule has 0 radical (unpaired) electrons. The van der Waals surface area contributed by atoms with Crippen molar-refractivity contribution >= 4 is 84.3 Å². The first-order chi connectivity index (χ1) is 19.8. The molecule has 0 spiro atoms. The number of allylic oxidation sites excluding steroid dienone is 3. The molecule has 1 aromatic heterocycles. The number of rotatable bonds is 10. The highest BCUT2D eigenvalue weighted by molar-refractivity contribution is 8.30. The Morgan fingerprint density at radius 2 is 1.79 bits per heavy atom. The maximum absolute atomic E-state index is 13.3. The Hall–Kier alpha value is -3.77. The van der Waals surface area contributed by atoms with Crippen molar-refractivity contribution in [2.24, 2.45) is 0 Å². The van der Waals surface area contributed by atoms with Crippen molar-refractivity contribution < 1.29 is 42.3 Å². The smallest absolute Gasteiger partial charge is 0.323 e. The van der Waals surface area contributed by atoms with Crippen LogP contribution in [0.2, 0.25) is 0 Å². The molecule has 1 aromatic carbocycles. The highest BCUT2D eigenvalue weighted by Crippen LogP contribution is 2.38. The SMILES string of the molecule is CCC(/C=c1\s/c(=C2/SC(=S)N(CC(=O)O)C2=O)n(CC(=O)O)c1=O)=C\C=C1\Oc2ccccc2N1CCS(=O)(=O)O. The second kappa shape index (κ2) is 12.6. The maximum atomic E-state index is 13.3. The number of thioether (sulfide) groups is 1. The van der Waals surface area contributed by atoms with Crippen LogP contribution in [-0.4, -0.2) is 73.7 Å². The number of anilines is 1. The number of benzene rings is 1. The number of nitrogens with zero attached hydrogens (tertiary/aromatic N) is 3. The molecule has 3 N–H and O–H groups in total. The molecule has 13 nitrogen and oxygen atoms in total. The van der Waals surface area contributed by atoms with E-state index in [1.165, 1.54) is 6.08 Å². The molecule has 1 amide bonds. The van der Waals surface area contributed by atoms with Gasteiger partial charge >= 0.3 is 11.9 Å². The minimum Gasteiger partial charge on any atom is -0.480 e. The Morgan fingerprint density at radius 1 is 1.10 bits per heavy atom. The molecule has 2 aliphatic heterocycles. The quantitative estimate of drug-likeness (QED) is 0.242. The van der Waals surface area contributed by atoms with E-state index in [2.05, 4.69) is 0 Å². The molecule has 1 saturated heterocycles. The predicted octanol–water partition coefficient (Wildman–Crippen LogP) is 0.793. The lowest BCUT2D eigenvalue weighted by molar-refractivity contribution is -0.140. The summed E-state index contributed by atoms with van der Waals surface area (Å²) in [5.41, 5.74) is 0.558. The van der Waals surface area contributed by atoms with Gasteiger partial charge in [0.05, 0.1) is 16.0 Å². The van der Waals surface area contributed by atoms with Crippen LogP contribution in [0.4, 0.5) is 5.69 Å². The fourth-order valence-electron chi connectivity index (χ4n) is 3.99. The molecule has 1 fully saturated rings. The van der Waals surface area contributed by atoms with E-state index in [9.17, 15) is 37.3 Å². The van der Waals surface area contributed by atoms with E-state index in [4.69, 9.17) is 22.1 Å². The average molecular weight is 654 g/mol. The Balaban J connectivity index is 1.78. The third-order valence-electron chi connectivity index (χ3n) is 5.91. The molecule has 3 heterocycles. The Morgan fingerprint density at radius 3 is 2.43 bits per heavy atom. The number of carbonyl (C=O) groups is 3. The summed E-state index contributed by atoms with van der Waals surface area (Å²) in [4.78, 5) is 51.3. The number of thiazole rings is 1. The molecule has 222 valence electrons. The van der Waals surface area contributed by atoms with Crippen molar-refractivity contribution in [2.75, 3.05) is 23.7 Å². The number of carbonyl (C=O) groups excluding carboxylic acids is 1. The fourth-order valence-corrected chi connectivity index (χ4v) is 6.94. The van der Waals surface area contributed by atoms with Crippen molar-refractivity contribution in [3.63, 3.8) is 0 Å². The zero-order valence-corrected chi connectivity index (χ0v) is 25.0. The fraction of sp³-hybridized carbons (Fsp3) is 0.240. The molecule has 42 heavy (non-hydrogen) atoms. The van der Waals surface area contributed by atoms with Gasteiger partial charge in [-0.3, -0.25) is 33.2 Å². The molecule has 4 rings (SSSR count). The van der Waals surface area contributed by atoms with Gasteiger partial charge in [0.15, 0.2) is 5.75 Å². The lowest BCUT2D eigenvalue weighted by Gasteiger charge is -2.17. The van der Waals surface area contributed by atoms with Gasteiger partial charge in [-0.1, -0.05) is 49.1 Å². The number of para-hydroxylation sites is 2. The van der Waals surface area contributed by atoms with Crippen molar-refractivity contribution in [1.82, 2.24) is 9.47 Å². The van der Waals surface area contributed by atoms with Crippen molar-refractivity contribution in [3.05, 3.63) is 67.4 Å². The normalized spacial score (nSPS) is 18.2. The van der Waals surface area contributed by atoms with Gasteiger partial charge in [-0.25, -0.2) is 0 Å². The van der Waals surface area contributed by atoms with E-state index >= 15 is 0 Å². The maximum Gasteiger partial charge on any atom is 0.323 e. The van der Waals surface area contributed by atoms with Crippen molar-refractivity contribution in [1.29, 1.82) is 0 Å². The van der Waals surface area contributed by atoms with E-state index in [0.29, 0.717) is 23.4 Å². The van der Waals surface area contributed by atoms with Crippen LogP contribution in [0.15, 0.2) is 52.7 Å². The first-order valence-electron chi connectivity index (χ1n) is 12.1. The zero-order valence-electron chi connectivity index (χ0n) is 21.8. The number of ether oxygens (including phenoxy) is 1. The Labute approximate surface area is 252 Å². The minimum absolute atomic E-state index is 0.0254. The molecule has 0 unspecified atom stereocenters. The van der Waals surface area contributed by atoms with Gasteiger partial charge in [0.2, 0.25) is 5.88 Å². The van der Waals surface area contributed by atoms with Gasteiger partial charge in [0.1, 0.15) is 27.0 Å². The molecule has 2 aromatic rings. The number of hydrogen-bond donors (Lipinski definition) is 3. The second-order valence-corrected chi connectivity index (χ2v) is 13.0. The average Bonchev–Trinajstić information content (AvgIpc) is 3.51. The first-order valence-corrected chi connectivity index (χ1v) is 15.8. The Bertz CT molecular complexity index is 1840. The van der Waals surface area contributed by atoms with E-state index in [1.807, 2.05) is 6.92 Å². The van der Waals surface area contributed by atoms with Crippen molar-refractivity contribution in [3.8, 4) is 5.75 Å². The highest BCUT2D eigenvalue weighted by Gasteiger charge is 2.35. The van der Waals surface area contributed by atoms with E-state index in [1.54, 1.807) is 41.3 Å². The predicted molar refractivity (Wildman–Crippen MR) is 160 cm³/mol. The van der Waals surface area contributed by atoms with Gasteiger partial charge in [0, 0.05) is 6.54 Å². The lowest BCUT2D eigenvalue weighted by Crippen LogP contribution is -2.36. The molecular weight excluding hydrogens is 631 g/mol. The van der Waals surface area contributed by atoms with Crippen LogP contribution in [-0.2, 0) is 31.0 Å².